The maximum Gasteiger partial charge on any atom is 0.237 e. The fourth-order valence-electron chi connectivity index (χ4n) is 4.59. The summed E-state index contributed by atoms with van der Waals surface area (Å²) in [6, 6.07) is 17.6. The zero-order valence-corrected chi connectivity index (χ0v) is 21.5. The summed E-state index contributed by atoms with van der Waals surface area (Å²) in [6.07, 6.45) is 5.93. The molecule has 1 heterocycles. The highest BCUT2D eigenvalue weighted by molar-refractivity contribution is 7.99. The van der Waals surface area contributed by atoms with E-state index in [0.717, 1.165) is 47.9 Å². The molecular weight excluding hydrogens is 474 g/mol. The number of anilines is 1. The molecule has 1 saturated carbocycles. The second-order valence-corrected chi connectivity index (χ2v) is 9.56. The second kappa shape index (κ2) is 12.5. The molecule has 0 saturated heterocycles. The predicted molar refractivity (Wildman–Crippen MR) is 140 cm³/mol. The summed E-state index contributed by atoms with van der Waals surface area (Å²) in [5.74, 6) is 2.20. The topological polar surface area (TPSA) is 93.3 Å². The number of carbonyl (C=O) groups is 1. The van der Waals surface area contributed by atoms with Crippen molar-refractivity contribution in [1.29, 1.82) is 5.26 Å². The molecule has 36 heavy (non-hydrogen) atoms. The van der Waals surface area contributed by atoms with Crippen LogP contribution >= 0.6 is 11.8 Å². The number of benzene rings is 2. The fraction of sp³-hybridized carbons (Fsp3) is 0.407. The van der Waals surface area contributed by atoms with E-state index in [1.807, 2.05) is 48.5 Å². The lowest BCUT2D eigenvalue weighted by molar-refractivity contribution is -0.116. The average Bonchev–Trinajstić information content (AvgIpc) is 3.36. The maximum absolute atomic E-state index is 13.2. The molecule has 4 rings (SSSR count). The van der Waals surface area contributed by atoms with Crippen molar-refractivity contribution >= 4 is 23.4 Å². The summed E-state index contributed by atoms with van der Waals surface area (Å²) >= 11 is 1.40. The van der Waals surface area contributed by atoms with E-state index in [4.69, 9.17) is 14.7 Å². The van der Waals surface area contributed by atoms with Gasteiger partial charge in [0.15, 0.2) is 22.5 Å². The average molecular weight is 506 g/mol. The van der Waals surface area contributed by atoms with Crippen molar-refractivity contribution < 1.29 is 14.3 Å². The van der Waals surface area contributed by atoms with Crippen molar-refractivity contribution in [3.63, 3.8) is 0 Å². The first kappa shape index (κ1) is 25.6. The van der Waals surface area contributed by atoms with Gasteiger partial charge in [0, 0.05) is 23.8 Å². The molecule has 0 bridgehead atoms. The Morgan fingerprint density at radius 2 is 1.83 bits per heavy atom. The van der Waals surface area contributed by atoms with Gasteiger partial charge < -0.3 is 14.4 Å². The third-order valence-electron chi connectivity index (χ3n) is 6.39. The Bertz CT molecular complexity index is 1200. The summed E-state index contributed by atoms with van der Waals surface area (Å²) in [6.45, 7) is 0.353. The minimum Gasteiger partial charge on any atom is -0.493 e. The fourth-order valence-corrected chi connectivity index (χ4v) is 5.47. The molecule has 0 unspecified atom stereocenters. The zero-order chi connectivity index (χ0) is 25.3. The summed E-state index contributed by atoms with van der Waals surface area (Å²) in [5.41, 5.74) is 1.68. The van der Waals surface area contributed by atoms with Crippen LogP contribution in [0.5, 0.6) is 11.5 Å². The van der Waals surface area contributed by atoms with Crippen LogP contribution in [0.4, 0.5) is 5.69 Å². The predicted octanol–water partition coefficient (Wildman–Crippen LogP) is 5.51. The molecule has 3 aromatic rings. The van der Waals surface area contributed by atoms with E-state index in [1.165, 1.54) is 18.2 Å². The number of methoxy groups -OCH3 is 2. The Labute approximate surface area is 216 Å². The normalized spacial score (nSPS) is 13.7. The molecule has 1 amide bonds. The van der Waals surface area contributed by atoms with Crippen LogP contribution in [-0.2, 0) is 4.79 Å². The molecule has 1 aliphatic carbocycles. The zero-order valence-electron chi connectivity index (χ0n) is 20.7. The number of amides is 1. The van der Waals surface area contributed by atoms with Gasteiger partial charge in [0.05, 0.1) is 32.5 Å². The van der Waals surface area contributed by atoms with Gasteiger partial charge in [-0.05, 0) is 43.2 Å². The van der Waals surface area contributed by atoms with Crippen molar-refractivity contribution in [3.05, 3.63) is 48.5 Å². The van der Waals surface area contributed by atoms with E-state index in [9.17, 15) is 4.79 Å². The standard InChI is InChI=1S/C27H31N5O3S/c1-34-23-15-14-20(18-24(23)35-2)26-29-30-27(32(26)22-12-7-4-8-13-22)36-19-25(33)31(17-9-16-28)21-10-5-3-6-11-21/h3,5-6,10-11,14-15,18,22H,4,7-9,12-13,17,19H2,1-2H3. The molecule has 0 atom stereocenters. The monoisotopic (exact) mass is 505 g/mol. The van der Waals surface area contributed by atoms with Crippen LogP contribution in [0.1, 0.15) is 44.6 Å². The Balaban J connectivity index is 1.61. The SMILES string of the molecule is COc1ccc(-c2nnc(SCC(=O)N(CCC#N)c3ccccc3)n2C2CCCCC2)cc1OC. The van der Waals surface area contributed by atoms with Crippen LogP contribution in [0, 0.1) is 11.3 Å². The number of thioether (sulfide) groups is 1. The first-order valence-corrected chi connectivity index (χ1v) is 13.2. The summed E-state index contributed by atoms with van der Waals surface area (Å²) in [4.78, 5) is 14.9. The highest BCUT2D eigenvalue weighted by Gasteiger charge is 2.26. The van der Waals surface area contributed by atoms with Crippen molar-refractivity contribution in [2.24, 2.45) is 0 Å². The van der Waals surface area contributed by atoms with Gasteiger partial charge in [0.1, 0.15) is 0 Å². The Morgan fingerprint density at radius 3 is 2.53 bits per heavy atom. The van der Waals surface area contributed by atoms with E-state index in [2.05, 4.69) is 20.8 Å². The number of aromatic nitrogens is 3. The van der Waals surface area contributed by atoms with E-state index >= 15 is 0 Å². The molecule has 9 heteroatoms. The lowest BCUT2D eigenvalue weighted by Gasteiger charge is -2.26. The number of rotatable bonds is 10. The molecular formula is C27H31N5O3S. The van der Waals surface area contributed by atoms with Crippen LogP contribution in [-0.4, -0.2) is 47.2 Å². The molecule has 1 aliphatic rings. The van der Waals surface area contributed by atoms with Crippen LogP contribution in [0.15, 0.2) is 53.7 Å². The highest BCUT2D eigenvalue weighted by atomic mass is 32.2. The maximum atomic E-state index is 13.2. The molecule has 0 spiro atoms. The number of carbonyl (C=O) groups excluding carboxylic acids is 1. The number of nitriles is 1. The molecule has 1 aromatic heterocycles. The molecule has 1 fully saturated rings. The number of hydrogen-bond donors (Lipinski definition) is 0. The minimum absolute atomic E-state index is 0.0627. The van der Waals surface area contributed by atoms with E-state index in [-0.39, 0.29) is 24.1 Å². The van der Waals surface area contributed by atoms with E-state index in [1.54, 1.807) is 19.1 Å². The quantitative estimate of drug-likeness (QED) is 0.336. The number of para-hydroxylation sites is 1. The Kier molecular flexibility index (Phi) is 8.85. The smallest absolute Gasteiger partial charge is 0.237 e. The third kappa shape index (κ3) is 5.82. The van der Waals surface area contributed by atoms with Crippen molar-refractivity contribution in [3.8, 4) is 29.0 Å². The Hall–Kier alpha value is -3.51. The van der Waals surface area contributed by atoms with Crippen LogP contribution < -0.4 is 14.4 Å². The number of ether oxygens (including phenoxy) is 2. The van der Waals surface area contributed by atoms with Gasteiger partial charge >= 0.3 is 0 Å². The molecule has 8 nitrogen and oxygen atoms in total. The van der Waals surface area contributed by atoms with Crippen LogP contribution in [0.25, 0.3) is 11.4 Å². The second-order valence-electron chi connectivity index (χ2n) is 8.62. The largest absolute Gasteiger partial charge is 0.493 e. The van der Waals surface area contributed by atoms with Gasteiger partial charge in [-0.2, -0.15) is 5.26 Å². The summed E-state index contributed by atoms with van der Waals surface area (Å²) < 4.78 is 13.1. The molecule has 0 aliphatic heterocycles. The molecule has 0 radical (unpaired) electrons. The lowest BCUT2D eigenvalue weighted by atomic mass is 9.95. The van der Waals surface area contributed by atoms with Gasteiger partial charge in [-0.15, -0.1) is 10.2 Å². The molecule has 0 N–H and O–H groups in total. The Morgan fingerprint density at radius 1 is 1.08 bits per heavy atom. The summed E-state index contributed by atoms with van der Waals surface area (Å²) in [7, 11) is 3.23. The molecule has 2 aromatic carbocycles. The number of nitrogens with zero attached hydrogens (tertiary/aromatic N) is 5. The molecule has 188 valence electrons. The summed E-state index contributed by atoms with van der Waals surface area (Å²) in [5, 5.41) is 18.9. The van der Waals surface area contributed by atoms with Gasteiger partial charge in [-0.25, -0.2) is 0 Å². The number of hydrogen-bond acceptors (Lipinski definition) is 7. The lowest BCUT2D eigenvalue weighted by Crippen LogP contribution is -2.33. The van der Waals surface area contributed by atoms with Gasteiger partial charge in [-0.1, -0.05) is 49.2 Å². The highest BCUT2D eigenvalue weighted by Crippen LogP contribution is 2.38. The van der Waals surface area contributed by atoms with E-state index < -0.39 is 0 Å². The van der Waals surface area contributed by atoms with Gasteiger partial charge in [0.25, 0.3) is 0 Å². The van der Waals surface area contributed by atoms with Crippen LogP contribution in [0.2, 0.25) is 0 Å². The first-order valence-electron chi connectivity index (χ1n) is 12.2. The van der Waals surface area contributed by atoms with Crippen molar-refractivity contribution in [2.45, 2.75) is 49.7 Å². The minimum atomic E-state index is -0.0627. The van der Waals surface area contributed by atoms with E-state index in [0.29, 0.717) is 18.0 Å². The third-order valence-corrected chi connectivity index (χ3v) is 7.31. The van der Waals surface area contributed by atoms with Crippen molar-refractivity contribution in [2.75, 3.05) is 31.4 Å². The van der Waals surface area contributed by atoms with Crippen molar-refractivity contribution in [1.82, 2.24) is 14.8 Å². The first-order chi connectivity index (χ1) is 17.7. The van der Waals surface area contributed by atoms with Gasteiger partial charge in [-0.3, -0.25) is 9.36 Å². The van der Waals surface area contributed by atoms with Gasteiger partial charge in [0.2, 0.25) is 5.91 Å². The van der Waals surface area contributed by atoms with Crippen LogP contribution in [0.3, 0.4) is 0 Å².